The van der Waals surface area contributed by atoms with Gasteiger partial charge in [0.05, 0.1) is 0 Å². The van der Waals surface area contributed by atoms with E-state index in [0.717, 1.165) is 5.92 Å². The van der Waals surface area contributed by atoms with Gasteiger partial charge in [0, 0.05) is 18.1 Å². The Morgan fingerprint density at radius 2 is 1.71 bits per heavy atom. The van der Waals surface area contributed by atoms with Gasteiger partial charge in [-0.05, 0) is 45.1 Å². The minimum atomic E-state index is 0.259. The molecule has 2 atom stereocenters. The fraction of sp³-hybridized carbons (Fsp3) is 0.625. The molecule has 0 amide bonds. The molecule has 0 saturated carbocycles. The van der Waals surface area contributed by atoms with Crippen molar-refractivity contribution in [3.8, 4) is 0 Å². The number of benzene rings is 1. The molecule has 1 saturated heterocycles. The zero-order valence-electron chi connectivity index (χ0n) is 11.6. The quantitative estimate of drug-likeness (QED) is 0.698. The van der Waals surface area contributed by atoms with Crippen LogP contribution in [-0.4, -0.2) is 17.0 Å². The smallest absolute Gasteiger partial charge is 0.0353 e. The summed E-state index contributed by atoms with van der Waals surface area (Å²) in [5, 5.41) is 0. The number of rotatable bonds is 1. The van der Waals surface area contributed by atoms with Crippen molar-refractivity contribution in [1.82, 2.24) is 4.90 Å². The average Bonchev–Trinajstić information content (AvgIpc) is 2.29. The molecule has 0 spiro atoms. The Balaban J connectivity index is 2.25. The first-order chi connectivity index (χ1) is 7.98. The summed E-state index contributed by atoms with van der Waals surface area (Å²) in [5.41, 5.74) is 1.74. The Hall–Kier alpha value is -0.820. The summed E-state index contributed by atoms with van der Waals surface area (Å²) in [6, 6.07) is 11.6. The number of hydrogen-bond acceptors (Lipinski definition) is 1. The highest BCUT2D eigenvalue weighted by atomic mass is 15.2. The molecule has 0 N–H and O–H groups in total. The van der Waals surface area contributed by atoms with Crippen molar-refractivity contribution in [2.24, 2.45) is 5.92 Å². The van der Waals surface area contributed by atoms with Crippen molar-refractivity contribution in [2.75, 3.05) is 6.54 Å². The van der Waals surface area contributed by atoms with Crippen molar-refractivity contribution < 1.29 is 0 Å². The summed E-state index contributed by atoms with van der Waals surface area (Å²) < 4.78 is 0. The molecule has 1 heteroatoms. The molecule has 1 aliphatic rings. The summed E-state index contributed by atoms with van der Waals surface area (Å²) in [5.74, 6) is 0.828. The maximum atomic E-state index is 2.68. The van der Waals surface area contributed by atoms with E-state index in [0.29, 0.717) is 6.04 Å². The summed E-state index contributed by atoms with van der Waals surface area (Å²) in [6.45, 7) is 10.6. The van der Waals surface area contributed by atoms with Gasteiger partial charge in [-0.25, -0.2) is 0 Å². The van der Waals surface area contributed by atoms with Crippen molar-refractivity contribution in [3.63, 3.8) is 0 Å². The molecular weight excluding hydrogens is 206 g/mol. The van der Waals surface area contributed by atoms with Crippen molar-refractivity contribution in [3.05, 3.63) is 35.9 Å². The van der Waals surface area contributed by atoms with Crippen LogP contribution in [0.25, 0.3) is 0 Å². The van der Waals surface area contributed by atoms with Crippen LogP contribution in [0.3, 0.4) is 0 Å². The van der Waals surface area contributed by atoms with Crippen LogP contribution in [0.2, 0.25) is 0 Å². The summed E-state index contributed by atoms with van der Waals surface area (Å²) in [7, 11) is 0. The molecule has 94 valence electrons. The topological polar surface area (TPSA) is 3.24 Å². The highest BCUT2D eigenvalue weighted by Crippen LogP contribution is 2.37. The second kappa shape index (κ2) is 4.81. The average molecular weight is 231 g/mol. The van der Waals surface area contributed by atoms with Crippen LogP contribution >= 0.6 is 0 Å². The van der Waals surface area contributed by atoms with Gasteiger partial charge < -0.3 is 0 Å². The van der Waals surface area contributed by atoms with Gasteiger partial charge in [0.2, 0.25) is 0 Å². The van der Waals surface area contributed by atoms with Gasteiger partial charge in [0.25, 0.3) is 0 Å². The van der Waals surface area contributed by atoms with E-state index < -0.39 is 0 Å². The van der Waals surface area contributed by atoms with Crippen molar-refractivity contribution >= 4 is 0 Å². The Labute approximate surface area is 106 Å². The lowest BCUT2D eigenvalue weighted by Gasteiger charge is -2.47. The SMILES string of the molecule is C[C@H]1CC[C@@H](c2ccccc2)N(C(C)(C)C)C1. The molecule has 1 fully saturated rings. The lowest BCUT2D eigenvalue weighted by Crippen LogP contribution is -2.48. The minimum absolute atomic E-state index is 0.259. The normalized spacial score (nSPS) is 27.1. The first-order valence-electron chi connectivity index (χ1n) is 6.80. The van der Waals surface area contributed by atoms with Gasteiger partial charge >= 0.3 is 0 Å². The zero-order chi connectivity index (χ0) is 12.5. The first kappa shape index (κ1) is 12.6. The van der Waals surface area contributed by atoms with E-state index >= 15 is 0 Å². The zero-order valence-corrected chi connectivity index (χ0v) is 11.6. The molecule has 2 rings (SSSR count). The van der Waals surface area contributed by atoms with E-state index in [4.69, 9.17) is 0 Å². The molecule has 0 radical (unpaired) electrons. The van der Waals surface area contributed by atoms with Crippen LogP contribution in [-0.2, 0) is 0 Å². The number of hydrogen-bond donors (Lipinski definition) is 0. The van der Waals surface area contributed by atoms with Crippen molar-refractivity contribution in [2.45, 2.75) is 52.1 Å². The van der Waals surface area contributed by atoms with Gasteiger partial charge in [-0.3, -0.25) is 4.90 Å². The maximum Gasteiger partial charge on any atom is 0.0353 e. The highest BCUT2D eigenvalue weighted by molar-refractivity contribution is 5.20. The van der Waals surface area contributed by atoms with Crippen LogP contribution in [0.1, 0.15) is 52.1 Å². The molecule has 1 heterocycles. The van der Waals surface area contributed by atoms with E-state index in [-0.39, 0.29) is 5.54 Å². The van der Waals surface area contributed by atoms with Gasteiger partial charge in [0.1, 0.15) is 0 Å². The highest BCUT2D eigenvalue weighted by Gasteiger charge is 2.34. The van der Waals surface area contributed by atoms with Gasteiger partial charge in [-0.2, -0.15) is 0 Å². The molecule has 1 aromatic rings. The number of nitrogens with zero attached hydrogens (tertiary/aromatic N) is 1. The third kappa shape index (κ3) is 2.90. The van der Waals surface area contributed by atoms with Crippen LogP contribution < -0.4 is 0 Å². The molecular formula is C16H25N. The van der Waals surface area contributed by atoms with Crippen LogP contribution in [0.15, 0.2) is 30.3 Å². The second-order valence-corrected chi connectivity index (χ2v) is 6.43. The predicted octanol–water partition coefficient (Wildman–Crippen LogP) is 4.26. The first-order valence-corrected chi connectivity index (χ1v) is 6.80. The monoisotopic (exact) mass is 231 g/mol. The predicted molar refractivity (Wildman–Crippen MR) is 74.0 cm³/mol. The van der Waals surface area contributed by atoms with E-state index in [1.165, 1.54) is 24.9 Å². The molecule has 0 aromatic heterocycles. The lowest BCUT2D eigenvalue weighted by atomic mass is 9.86. The summed E-state index contributed by atoms with van der Waals surface area (Å²) in [4.78, 5) is 2.68. The van der Waals surface area contributed by atoms with Crippen LogP contribution in [0.4, 0.5) is 0 Å². The van der Waals surface area contributed by atoms with E-state index in [1.807, 2.05) is 0 Å². The molecule has 0 aliphatic carbocycles. The molecule has 1 aromatic carbocycles. The fourth-order valence-corrected chi connectivity index (χ4v) is 2.92. The lowest BCUT2D eigenvalue weighted by molar-refractivity contribution is 0.0282. The van der Waals surface area contributed by atoms with E-state index in [9.17, 15) is 0 Å². The van der Waals surface area contributed by atoms with Gasteiger partial charge in [-0.15, -0.1) is 0 Å². The van der Waals surface area contributed by atoms with E-state index in [1.54, 1.807) is 0 Å². The Morgan fingerprint density at radius 3 is 2.29 bits per heavy atom. The number of likely N-dealkylation sites (tertiary alicyclic amines) is 1. The minimum Gasteiger partial charge on any atom is -0.291 e. The van der Waals surface area contributed by atoms with E-state index in [2.05, 4.69) is 62.9 Å². The Morgan fingerprint density at radius 1 is 1.06 bits per heavy atom. The number of piperidine rings is 1. The Kier molecular flexibility index (Phi) is 3.58. The van der Waals surface area contributed by atoms with Crippen LogP contribution in [0, 0.1) is 5.92 Å². The van der Waals surface area contributed by atoms with Crippen molar-refractivity contribution in [1.29, 1.82) is 0 Å². The molecule has 0 unspecified atom stereocenters. The third-order valence-electron chi connectivity index (χ3n) is 3.86. The molecule has 1 nitrogen and oxygen atoms in total. The second-order valence-electron chi connectivity index (χ2n) is 6.43. The molecule has 1 aliphatic heterocycles. The third-order valence-corrected chi connectivity index (χ3v) is 3.86. The van der Waals surface area contributed by atoms with Gasteiger partial charge in [-0.1, -0.05) is 37.3 Å². The summed E-state index contributed by atoms with van der Waals surface area (Å²) in [6.07, 6.45) is 2.65. The Bertz CT molecular complexity index is 350. The molecule has 17 heavy (non-hydrogen) atoms. The van der Waals surface area contributed by atoms with Gasteiger partial charge in [0.15, 0.2) is 0 Å². The largest absolute Gasteiger partial charge is 0.291 e. The molecule has 0 bridgehead atoms. The maximum absolute atomic E-state index is 2.68. The fourth-order valence-electron chi connectivity index (χ4n) is 2.92. The summed E-state index contributed by atoms with van der Waals surface area (Å²) >= 11 is 0. The van der Waals surface area contributed by atoms with Crippen LogP contribution in [0.5, 0.6) is 0 Å². The standard InChI is InChI=1S/C16H25N/c1-13-10-11-15(14-8-6-5-7-9-14)17(12-13)16(2,3)4/h5-9,13,15H,10-12H2,1-4H3/t13-,15-/m0/s1.